The van der Waals surface area contributed by atoms with Gasteiger partial charge >= 0.3 is 0 Å². The van der Waals surface area contributed by atoms with Gasteiger partial charge in [0.2, 0.25) is 0 Å². The molecule has 0 fully saturated rings. The summed E-state index contributed by atoms with van der Waals surface area (Å²) >= 11 is 0. The number of hydrogen-bond donors (Lipinski definition) is 2. The third kappa shape index (κ3) is 4.29. The minimum Gasteiger partial charge on any atom is -0.628 e. The molecule has 0 saturated heterocycles. The molecule has 0 unspecified atom stereocenters. The number of pyridine rings is 1. The lowest BCUT2D eigenvalue weighted by Crippen LogP contribution is -2.96. The molecule has 1 heterocycles. The number of benzene rings is 2. The standard InChI is InChI=1S/C19H19N4O4S/c1-22(28(26,27)17-5-3-2-4-6-17)16-7-8-18(19(13-16)23(24)25)21-14-15-9-11-20-12-10-15/h2-13,21,23H,14H2,1H3/q-1. The van der Waals surface area contributed by atoms with Gasteiger partial charge in [-0.2, -0.15) is 0 Å². The highest BCUT2D eigenvalue weighted by Gasteiger charge is 2.22. The SMILES string of the molecule is CN(c1ccc(NCc2ccncc2)c([NH+]([O-])[O-])c1)S(=O)(=O)c1ccccc1. The van der Waals surface area contributed by atoms with Crippen LogP contribution in [0, 0.1) is 10.4 Å². The maximum Gasteiger partial charge on any atom is 0.264 e. The van der Waals surface area contributed by atoms with Gasteiger partial charge in [0, 0.05) is 32.1 Å². The Morgan fingerprint density at radius 2 is 1.71 bits per heavy atom. The monoisotopic (exact) mass is 399 g/mol. The highest BCUT2D eigenvalue weighted by Crippen LogP contribution is 2.28. The summed E-state index contributed by atoms with van der Waals surface area (Å²) in [5, 5.41) is 24.8. The van der Waals surface area contributed by atoms with Crippen LogP contribution < -0.4 is 14.8 Å². The third-order valence-electron chi connectivity index (χ3n) is 4.22. The van der Waals surface area contributed by atoms with Gasteiger partial charge < -0.3 is 21.0 Å². The first kappa shape index (κ1) is 19.8. The molecule has 0 aliphatic rings. The van der Waals surface area contributed by atoms with E-state index < -0.39 is 15.2 Å². The molecule has 0 aliphatic carbocycles. The maximum atomic E-state index is 12.8. The third-order valence-corrected chi connectivity index (χ3v) is 6.02. The van der Waals surface area contributed by atoms with Crippen molar-refractivity contribution in [2.24, 2.45) is 0 Å². The Balaban J connectivity index is 1.88. The molecule has 0 atom stereocenters. The van der Waals surface area contributed by atoms with Gasteiger partial charge in [0.15, 0.2) is 5.69 Å². The van der Waals surface area contributed by atoms with Crippen molar-refractivity contribution in [2.45, 2.75) is 11.4 Å². The summed E-state index contributed by atoms with van der Waals surface area (Å²) in [6, 6.07) is 15.9. The van der Waals surface area contributed by atoms with Gasteiger partial charge in [0.1, 0.15) is 0 Å². The lowest BCUT2D eigenvalue weighted by Gasteiger charge is -2.29. The fraction of sp³-hybridized carbons (Fsp3) is 0.105. The van der Waals surface area contributed by atoms with Crippen molar-refractivity contribution in [1.82, 2.24) is 4.98 Å². The summed E-state index contributed by atoms with van der Waals surface area (Å²) in [7, 11) is -2.43. The Bertz CT molecular complexity index is 1030. The van der Waals surface area contributed by atoms with E-state index in [4.69, 9.17) is 0 Å². The highest BCUT2D eigenvalue weighted by atomic mass is 32.2. The van der Waals surface area contributed by atoms with Crippen molar-refractivity contribution < 1.29 is 13.6 Å². The average molecular weight is 399 g/mol. The van der Waals surface area contributed by atoms with Crippen molar-refractivity contribution in [1.29, 1.82) is 0 Å². The number of anilines is 2. The van der Waals surface area contributed by atoms with Crippen LogP contribution in [0.5, 0.6) is 0 Å². The van der Waals surface area contributed by atoms with Crippen molar-refractivity contribution >= 4 is 27.1 Å². The van der Waals surface area contributed by atoms with E-state index in [1.165, 1.54) is 31.3 Å². The van der Waals surface area contributed by atoms with Gasteiger partial charge in [-0.3, -0.25) is 9.29 Å². The molecule has 0 bridgehead atoms. The van der Waals surface area contributed by atoms with Gasteiger partial charge in [-0.15, -0.1) is 0 Å². The van der Waals surface area contributed by atoms with Crippen molar-refractivity contribution in [3.05, 3.63) is 89.0 Å². The zero-order valence-electron chi connectivity index (χ0n) is 15.1. The molecule has 0 saturated carbocycles. The molecule has 1 aromatic heterocycles. The Morgan fingerprint density at radius 1 is 1.04 bits per heavy atom. The number of sulfonamides is 1. The van der Waals surface area contributed by atoms with E-state index in [0.717, 1.165) is 9.87 Å². The van der Waals surface area contributed by atoms with E-state index in [9.17, 15) is 18.8 Å². The van der Waals surface area contributed by atoms with Crippen molar-refractivity contribution in [3.8, 4) is 0 Å². The Labute approximate surface area is 163 Å². The Kier molecular flexibility index (Phi) is 5.90. The zero-order chi connectivity index (χ0) is 20.1. The molecule has 0 amide bonds. The first-order valence-electron chi connectivity index (χ1n) is 8.42. The van der Waals surface area contributed by atoms with Gasteiger partial charge in [-0.25, -0.2) is 8.42 Å². The van der Waals surface area contributed by atoms with Crippen LogP contribution in [0.15, 0.2) is 78.0 Å². The summed E-state index contributed by atoms with van der Waals surface area (Å²) in [5.74, 6) is 0. The predicted molar refractivity (Wildman–Crippen MR) is 107 cm³/mol. The van der Waals surface area contributed by atoms with E-state index in [1.807, 2.05) is 0 Å². The number of rotatable bonds is 7. The fourth-order valence-electron chi connectivity index (χ4n) is 2.64. The minimum absolute atomic E-state index is 0.118. The molecule has 2 aromatic carbocycles. The molecule has 3 rings (SSSR count). The van der Waals surface area contributed by atoms with E-state index in [1.54, 1.807) is 48.8 Å². The molecule has 2 N–H and O–H groups in total. The molecule has 0 radical (unpaired) electrons. The number of nitrogens with zero attached hydrogens (tertiary/aromatic N) is 2. The van der Waals surface area contributed by atoms with Crippen LogP contribution >= 0.6 is 0 Å². The van der Waals surface area contributed by atoms with Crippen molar-refractivity contribution in [2.75, 3.05) is 16.7 Å². The minimum atomic E-state index is -3.81. The second kappa shape index (κ2) is 8.36. The molecular weight excluding hydrogens is 380 g/mol. The maximum absolute atomic E-state index is 12.8. The molecule has 9 heteroatoms. The number of nitrogens with one attached hydrogen (secondary N) is 2. The van der Waals surface area contributed by atoms with Crippen LogP contribution in [0.1, 0.15) is 5.56 Å². The molecular formula is C19H19N4O4S-. The molecule has 146 valence electrons. The average Bonchev–Trinajstić information content (AvgIpc) is 2.73. The second-order valence-electron chi connectivity index (χ2n) is 6.01. The summed E-state index contributed by atoms with van der Waals surface area (Å²) < 4.78 is 26.5. The predicted octanol–water partition coefficient (Wildman–Crippen LogP) is 2.03. The fourth-order valence-corrected chi connectivity index (χ4v) is 3.85. The summed E-state index contributed by atoms with van der Waals surface area (Å²) in [6.07, 6.45) is 3.28. The zero-order valence-corrected chi connectivity index (χ0v) is 15.9. The van der Waals surface area contributed by atoms with Crippen LogP contribution in [0.3, 0.4) is 0 Å². The molecule has 28 heavy (non-hydrogen) atoms. The smallest absolute Gasteiger partial charge is 0.264 e. The largest absolute Gasteiger partial charge is 0.628 e. The topological polar surface area (TPSA) is 113 Å². The summed E-state index contributed by atoms with van der Waals surface area (Å²) in [4.78, 5) is 4.05. The first-order chi connectivity index (χ1) is 13.4. The number of quaternary nitrogens is 1. The molecule has 0 spiro atoms. The van der Waals surface area contributed by atoms with E-state index in [0.29, 0.717) is 12.2 Å². The first-order valence-corrected chi connectivity index (χ1v) is 9.86. The van der Waals surface area contributed by atoms with Gasteiger partial charge in [-0.1, -0.05) is 18.2 Å². The van der Waals surface area contributed by atoms with Crippen LogP contribution in [0.25, 0.3) is 0 Å². The van der Waals surface area contributed by atoms with E-state index in [2.05, 4.69) is 10.3 Å². The van der Waals surface area contributed by atoms with Crippen LogP contribution in [0.4, 0.5) is 17.1 Å². The molecule has 3 aromatic rings. The van der Waals surface area contributed by atoms with Crippen molar-refractivity contribution in [3.63, 3.8) is 0 Å². The van der Waals surface area contributed by atoms with Crippen LogP contribution in [0.2, 0.25) is 0 Å². The van der Waals surface area contributed by atoms with Gasteiger partial charge in [0.05, 0.1) is 16.3 Å². The molecule has 8 nitrogen and oxygen atoms in total. The van der Waals surface area contributed by atoms with E-state index >= 15 is 0 Å². The van der Waals surface area contributed by atoms with Gasteiger partial charge in [0.25, 0.3) is 10.0 Å². The highest BCUT2D eigenvalue weighted by molar-refractivity contribution is 7.92. The van der Waals surface area contributed by atoms with E-state index in [-0.39, 0.29) is 16.3 Å². The number of aromatic nitrogens is 1. The quantitative estimate of drug-likeness (QED) is 0.588. The van der Waals surface area contributed by atoms with Crippen LogP contribution in [-0.2, 0) is 16.6 Å². The Hall–Kier alpha value is -2.98. The Morgan fingerprint density at radius 3 is 2.36 bits per heavy atom. The second-order valence-corrected chi connectivity index (χ2v) is 7.98. The van der Waals surface area contributed by atoms with Crippen LogP contribution in [-0.4, -0.2) is 20.4 Å². The van der Waals surface area contributed by atoms with Gasteiger partial charge in [-0.05, 0) is 42.0 Å². The molecule has 0 aliphatic heterocycles. The lowest BCUT2D eigenvalue weighted by atomic mass is 10.2. The number of hydrogen-bond acceptors (Lipinski definition) is 6. The normalized spacial score (nSPS) is 11.4. The summed E-state index contributed by atoms with van der Waals surface area (Å²) in [6.45, 7) is 0.389. The summed E-state index contributed by atoms with van der Waals surface area (Å²) in [5.41, 5.74) is 1.36. The lowest BCUT2D eigenvalue weighted by molar-refractivity contribution is -0.714.